The van der Waals surface area contributed by atoms with E-state index in [0.717, 1.165) is 16.6 Å². The van der Waals surface area contributed by atoms with Crippen molar-refractivity contribution >= 4 is 34.0 Å². The van der Waals surface area contributed by atoms with E-state index in [1.165, 1.54) is 13.2 Å². The number of ether oxygens (including phenoxy) is 2. The monoisotopic (exact) mass is 490 g/mol. The van der Waals surface area contributed by atoms with Crippen LogP contribution in [0.4, 0.5) is 15.9 Å². The molecule has 5 aromatic rings. The lowest BCUT2D eigenvalue weighted by atomic mass is 10.2. The van der Waals surface area contributed by atoms with E-state index in [-0.39, 0.29) is 10.8 Å². The maximum absolute atomic E-state index is 14.0. The highest BCUT2D eigenvalue weighted by Crippen LogP contribution is 2.34. The van der Waals surface area contributed by atoms with Gasteiger partial charge in [-0.3, -0.25) is 9.67 Å². The van der Waals surface area contributed by atoms with E-state index in [0.29, 0.717) is 35.2 Å². The highest BCUT2D eigenvalue weighted by Gasteiger charge is 2.19. The Kier molecular flexibility index (Phi) is 6.15. The first-order valence-electron chi connectivity index (χ1n) is 10.6. The van der Waals surface area contributed by atoms with Crippen LogP contribution < -0.4 is 14.8 Å². The van der Waals surface area contributed by atoms with Crippen molar-refractivity contribution in [2.75, 3.05) is 19.5 Å². The largest absolute Gasteiger partial charge is 0.492 e. The molecule has 10 heteroatoms. The number of halogens is 2. The Morgan fingerprint density at radius 1 is 1.03 bits per heavy atom. The third kappa shape index (κ3) is 4.33. The Hall–Kier alpha value is -4.24. The highest BCUT2D eigenvalue weighted by molar-refractivity contribution is 6.32. The summed E-state index contributed by atoms with van der Waals surface area (Å²) in [5.74, 6) is 0.882. The van der Waals surface area contributed by atoms with Crippen LogP contribution in [0.3, 0.4) is 0 Å². The van der Waals surface area contributed by atoms with Gasteiger partial charge in [-0.2, -0.15) is 5.10 Å². The van der Waals surface area contributed by atoms with Crippen LogP contribution in [0, 0.1) is 5.82 Å². The molecule has 0 aliphatic carbocycles. The second-order valence-electron chi connectivity index (χ2n) is 7.55. The SMILES string of the molecule is COc1cnc(-c2nn(Cc3ccc(F)c(OC)c3Cl)c3ccccc23)nc1Nc1ccncc1. The molecule has 0 amide bonds. The first kappa shape index (κ1) is 22.5. The number of pyridine rings is 1. The molecule has 0 bridgehead atoms. The Bertz CT molecular complexity index is 1510. The van der Waals surface area contributed by atoms with Gasteiger partial charge >= 0.3 is 0 Å². The molecule has 3 aromatic heterocycles. The summed E-state index contributed by atoms with van der Waals surface area (Å²) in [7, 11) is 2.94. The Labute approximate surface area is 205 Å². The fourth-order valence-electron chi connectivity index (χ4n) is 3.75. The van der Waals surface area contributed by atoms with Crippen molar-refractivity contribution in [2.45, 2.75) is 6.54 Å². The van der Waals surface area contributed by atoms with Crippen LogP contribution in [0.2, 0.25) is 5.02 Å². The minimum atomic E-state index is -0.520. The molecule has 0 radical (unpaired) electrons. The van der Waals surface area contributed by atoms with Crippen molar-refractivity contribution in [3.63, 3.8) is 0 Å². The van der Waals surface area contributed by atoms with E-state index in [1.54, 1.807) is 36.4 Å². The van der Waals surface area contributed by atoms with Gasteiger partial charge in [0, 0.05) is 23.5 Å². The smallest absolute Gasteiger partial charge is 0.183 e. The molecular formula is C25H20ClFN6O2. The van der Waals surface area contributed by atoms with Gasteiger partial charge in [0.05, 0.1) is 37.5 Å². The number of nitrogens with one attached hydrogen (secondary N) is 1. The number of rotatable bonds is 7. The van der Waals surface area contributed by atoms with Gasteiger partial charge in [0.15, 0.2) is 29.0 Å². The number of hydrogen-bond acceptors (Lipinski definition) is 7. The molecule has 3 heterocycles. The van der Waals surface area contributed by atoms with E-state index in [1.807, 2.05) is 36.4 Å². The third-order valence-electron chi connectivity index (χ3n) is 5.44. The van der Waals surface area contributed by atoms with E-state index in [2.05, 4.69) is 15.3 Å². The fraction of sp³-hybridized carbons (Fsp3) is 0.120. The molecule has 1 N–H and O–H groups in total. The van der Waals surface area contributed by atoms with Crippen LogP contribution in [0.15, 0.2) is 67.1 Å². The van der Waals surface area contributed by atoms with E-state index in [9.17, 15) is 4.39 Å². The molecule has 0 fully saturated rings. The quantitative estimate of drug-likeness (QED) is 0.323. The standard InChI is InChI=1S/C25H20ClFN6O2/c1-34-20-13-29-25(31-24(20)30-16-9-11-28-12-10-16)22-17-5-3-4-6-19(17)33(32-22)14-15-7-8-18(27)23(35-2)21(15)26/h3-13H,14H2,1-2H3,(H,28,29,30,31). The van der Waals surface area contributed by atoms with Crippen molar-refractivity contribution < 1.29 is 13.9 Å². The van der Waals surface area contributed by atoms with E-state index >= 15 is 0 Å². The molecule has 2 aromatic carbocycles. The van der Waals surface area contributed by atoms with Gasteiger partial charge in [-0.1, -0.05) is 35.9 Å². The molecule has 0 aliphatic rings. The summed E-state index contributed by atoms with van der Waals surface area (Å²) < 4.78 is 26.4. The molecule has 8 nitrogen and oxygen atoms in total. The molecule has 0 unspecified atom stereocenters. The number of benzene rings is 2. The summed E-state index contributed by atoms with van der Waals surface area (Å²) in [5, 5.41) is 9.10. The number of hydrogen-bond donors (Lipinski definition) is 1. The zero-order valence-electron chi connectivity index (χ0n) is 18.9. The van der Waals surface area contributed by atoms with Crippen molar-refractivity contribution in [3.8, 4) is 23.0 Å². The van der Waals surface area contributed by atoms with Gasteiger partial charge in [-0.05, 0) is 29.8 Å². The molecule has 0 saturated carbocycles. The average Bonchev–Trinajstić information content (AvgIpc) is 3.25. The minimum Gasteiger partial charge on any atom is -0.492 e. The maximum atomic E-state index is 14.0. The lowest BCUT2D eigenvalue weighted by Gasteiger charge is -2.11. The van der Waals surface area contributed by atoms with Gasteiger partial charge < -0.3 is 14.8 Å². The zero-order valence-corrected chi connectivity index (χ0v) is 19.6. The van der Waals surface area contributed by atoms with Crippen LogP contribution in [-0.4, -0.2) is 39.0 Å². The number of nitrogens with zero attached hydrogens (tertiary/aromatic N) is 5. The third-order valence-corrected chi connectivity index (χ3v) is 5.86. The number of fused-ring (bicyclic) bond motifs is 1. The molecule has 176 valence electrons. The highest BCUT2D eigenvalue weighted by atomic mass is 35.5. The summed E-state index contributed by atoms with van der Waals surface area (Å²) >= 11 is 6.41. The van der Waals surface area contributed by atoms with Crippen LogP contribution in [0.5, 0.6) is 11.5 Å². The lowest BCUT2D eigenvalue weighted by Crippen LogP contribution is -2.05. The fourth-order valence-corrected chi connectivity index (χ4v) is 4.04. The summed E-state index contributed by atoms with van der Waals surface area (Å²) in [6, 6.07) is 14.3. The molecular weight excluding hydrogens is 471 g/mol. The molecule has 0 aliphatic heterocycles. The van der Waals surface area contributed by atoms with Gasteiger partial charge in [0.25, 0.3) is 0 Å². The van der Waals surface area contributed by atoms with Gasteiger partial charge in [0.1, 0.15) is 5.69 Å². The summed E-state index contributed by atoms with van der Waals surface area (Å²) in [6.45, 7) is 0.300. The van der Waals surface area contributed by atoms with Crippen LogP contribution in [0.25, 0.3) is 22.4 Å². The summed E-state index contributed by atoms with van der Waals surface area (Å²) in [6.07, 6.45) is 4.96. The minimum absolute atomic E-state index is 0.00571. The van der Waals surface area contributed by atoms with Gasteiger partial charge in [0.2, 0.25) is 0 Å². The maximum Gasteiger partial charge on any atom is 0.183 e. The van der Waals surface area contributed by atoms with E-state index in [4.69, 9.17) is 31.2 Å². The van der Waals surface area contributed by atoms with Crippen LogP contribution in [0.1, 0.15) is 5.56 Å². The molecule has 0 saturated heterocycles. The summed E-state index contributed by atoms with van der Waals surface area (Å²) in [5.41, 5.74) is 2.91. The van der Waals surface area contributed by atoms with Gasteiger partial charge in [-0.25, -0.2) is 14.4 Å². The second-order valence-corrected chi connectivity index (χ2v) is 7.93. The topological polar surface area (TPSA) is 87.0 Å². The van der Waals surface area contributed by atoms with Gasteiger partial charge in [-0.15, -0.1) is 0 Å². The molecule has 35 heavy (non-hydrogen) atoms. The van der Waals surface area contributed by atoms with Crippen molar-refractivity contribution in [3.05, 3.63) is 83.5 Å². The van der Waals surface area contributed by atoms with Crippen molar-refractivity contribution in [1.29, 1.82) is 0 Å². The predicted molar refractivity (Wildman–Crippen MR) is 132 cm³/mol. The Morgan fingerprint density at radius 3 is 2.60 bits per heavy atom. The average molecular weight is 491 g/mol. The predicted octanol–water partition coefficient (Wildman–Crippen LogP) is 5.49. The molecule has 5 rings (SSSR count). The summed E-state index contributed by atoms with van der Waals surface area (Å²) in [4.78, 5) is 13.2. The number of methoxy groups -OCH3 is 2. The lowest BCUT2D eigenvalue weighted by molar-refractivity contribution is 0.386. The van der Waals surface area contributed by atoms with Crippen molar-refractivity contribution in [1.82, 2.24) is 24.7 Å². The number of para-hydroxylation sites is 1. The number of aromatic nitrogens is 5. The first-order chi connectivity index (χ1) is 17.1. The first-order valence-corrected chi connectivity index (χ1v) is 11.0. The molecule has 0 spiro atoms. The molecule has 0 atom stereocenters. The van der Waals surface area contributed by atoms with Crippen molar-refractivity contribution in [2.24, 2.45) is 0 Å². The van der Waals surface area contributed by atoms with E-state index < -0.39 is 5.82 Å². The Morgan fingerprint density at radius 2 is 1.83 bits per heavy atom. The van der Waals surface area contributed by atoms with Crippen LogP contribution >= 0.6 is 11.6 Å². The van der Waals surface area contributed by atoms with Crippen LogP contribution in [-0.2, 0) is 6.54 Å². The normalized spacial score (nSPS) is 11.0. The Balaban J connectivity index is 1.58. The zero-order chi connectivity index (χ0) is 24.4. The number of anilines is 2. The second kappa shape index (κ2) is 9.55.